The highest BCUT2D eigenvalue weighted by atomic mass is 32.1. The van der Waals surface area contributed by atoms with E-state index in [2.05, 4.69) is 12.6 Å². The van der Waals surface area contributed by atoms with Crippen molar-refractivity contribution in [2.45, 2.75) is 5.54 Å². The van der Waals surface area contributed by atoms with Crippen LogP contribution in [0.4, 0.5) is 0 Å². The van der Waals surface area contributed by atoms with Crippen LogP contribution in [-0.4, -0.2) is 34.7 Å². The van der Waals surface area contributed by atoms with Crippen molar-refractivity contribution < 1.29 is 10.2 Å². The Kier molecular flexibility index (Phi) is 3.39. The first kappa shape index (κ1) is 8.23. The van der Waals surface area contributed by atoms with Crippen molar-refractivity contribution in [3.05, 3.63) is 0 Å². The van der Waals surface area contributed by atoms with Gasteiger partial charge >= 0.3 is 0 Å². The molecule has 0 aromatic rings. The van der Waals surface area contributed by atoms with Crippen LogP contribution in [0.3, 0.4) is 0 Å². The maximum atomic E-state index is 8.45. The van der Waals surface area contributed by atoms with Crippen LogP contribution in [0.15, 0.2) is 0 Å². The minimum Gasteiger partial charge on any atom is -0.394 e. The van der Waals surface area contributed by atoms with Crippen molar-refractivity contribution >= 4 is 12.6 Å². The molecule has 0 fully saturated rings. The fourth-order valence-corrected chi connectivity index (χ4v) is 0.350. The molecular weight excluding hydrogens is 126 g/mol. The first-order valence-electron chi connectivity index (χ1n) is 2.30. The highest BCUT2D eigenvalue weighted by Gasteiger charge is 2.19. The first-order valence-corrected chi connectivity index (χ1v) is 2.93. The quantitative estimate of drug-likeness (QED) is 0.362. The lowest BCUT2D eigenvalue weighted by Crippen LogP contribution is -2.49. The summed E-state index contributed by atoms with van der Waals surface area (Å²) in [6, 6.07) is 0. The number of thiol groups is 1. The van der Waals surface area contributed by atoms with E-state index in [0.29, 0.717) is 5.75 Å². The number of aliphatic hydroxyl groups is 2. The Morgan fingerprint density at radius 2 is 1.75 bits per heavy atom. The lowest BCUT2D eigenvalue weighted by atomic mass is 10.1. The molecule has 50 valence electrons. The summed E-state index contributed by atoms with van der Waals surface area (Å²) in [6.07, 6.45) is 0. The third kappa shape index (κ3) is 2.00. The van der Waals surface area contributed by atoms with Crippen molar-refractivity contribution in [3.63, 3.8) is 0 Å². The van der Waals surface area contributed by atoms with Crippen molar-refractivity contribution in [1.29, 1.82) is 0 Å². The Bertz CT molecular complexity index is 56.8. The monoisotopic (exact) mass is 137 g/mol. The number of aliphatic hydroxyl groups excluding tert-OH is 2. The molecule has 0 aliphatic carbocycles. The van der Waals surface area contributed by atoms with Crippen LogP contribution in [0.25, 0.3) is 0 Å². The van der Waals surface area contributed by atoms with Crippen LogP contribution in [0, 0.1) is 0 Å². The zero-order chi connectivity index (χ0) is 6.62. The fraction of sp³-hybridized carbons (Fsp3) is 1.00. The second-order valence-electron chi connectivity index (χ2n) is 1.84. The molecule has 0 bridgehead atoms. The molecule has 0 radical (unpaired) electrons. The number of hydrogen-bond donors (Lipinski definition) is 4. The van der Waals surface area contributed by atoms with Gasteiger partial charge in [-0.15, -0.1) is 0 Å². The van der Waals surface area contributed by atoms with Gasteiger partial charge in [0.05, 0.1) is 18.8 Å². The van der Waals surface area contributed by atoms with Gasteiger partial charge in [0.15, 0.2) is 0 Å². The molecule has 0 rings (SSSR count). The Hall–Kier alpha value is 0.230. The summed E-state index contributed by atoms with van der Waals surface area (Å²) in [5.41, 5.74) is 4.42. The molecule has 0 unspecified atom stereocenters. The maximum Gasteiger partial charge on any atom is 0.0712 e. The van der Waals surface area contributed by atoms with Gasteiger partial charge in [-0.05, 0) is 0 Å². The molecule has 8 heavy (non-hydrogen) atoms. The Morgan fingerprint density at radius 1 is 1.38 bits per heavy atom. The topological polar surface area (TPSA) is 66.5 Å². The van der Waals surface area contributed by atoms with E-state index < -0.39 is 5.54 Å². The molecule has 0 spiro atoms. The molecule has 4 N–H and O–H groups in total. The Labute approximate surface area is 53.9 Å². The van der Waals surface area contributed by atoms with E-state index in [4.69, 9.17) is 15.9 Å². The van der Waals surface area contributed by atoms with Gasteiger partial charge in [-0.25, -0.2) is 0 Å². The lowest BCUT2D eigenvalue weighted by molar-refractivity contribution is 0.137. The number of rotatable bonds is 3. The van der Waals surface area contributed by atoms with E-state index in [9.17, 15) is 0 Å². The molecule has 4 heteroatoms. The van der Waals surface area contributed by atoms with Crippen LogP contribution in [0.1, 0.15) is 0 Å². The third-order valence-corrected chi connectivity index (χ3v) is 1.57. The minimum atomic E-state index is -0.900. The van der Waals surface area contributed by atoms with Crippen LogP contribution < -0.4 is 5.73 Å². The molecule has 3 nitrogen and oxygen atoms in total. The first-order chi connectivity index (χ1) is 3.68. The summed E-state index contributed by atoms with van der Waals surface area (Å²) in [5, 5.41) is 16.9. The maximum absolute atomic E-state index is 8.45. The number of hydrogen-bond acceptors (Lipinski definition) is 4. The van der Waals surface area contributed by atoms with Gasteiger partial charge in [0, 0.05) is 5.75 Å². The van der Waals surface area contributed by atoms with E-state index in [1.54, 1.807) is 0 Å². The van der Waals surface area contributed by atoms with E-state index >= 15 is 0 Å². The summed E-state index contributed by atoms with van der Waals surface area (Å²) in [4.78, 5) is 0. The zero-order valence-electron chi connectivity index (χ0n) is 4.54. The van der Waals surface area contributed by atoms with Crippen molar-refractivity contribution in [3.8, 4) is 0 Å². The molecule has 0 aromatic heterocycles. The largest absolute Gasteiger partial charge is 0.394 e. The van der Waals surface area contributed by atoms with Crippen LogP contribution >= 0.6 is 12.6 Å². The summed E-state index contributed by atoms with van der Waals surface area (Å²) < 4.78 is 0. The van der Waals surface area contributed by atoms with E-state index in [0.717, 1.165) is 0 Å². The molecule has 0 aliphatic heterocycles. The predicted octanol–water partition coefficient (Wildman–Crippen LogP) is -1.40. The van der Waals surface area contributed by atoms with E-state index in [1.165, 1.54) is 0 Å². The van der Waals surface area contributed by atoms with Gasteiger partial charge in [0.25, 0.3) is 0 Å². The molecule has 0 aliphatic rings. The SMILES string of the molecule is NC(CO)(CO)CS. The fourth-order valence-electron chi connectivity index (χ4n) is 0.150. The molecule has 0 aromatic carbocycles. The standard InChI is InChI=1S/C4H11NO2S/c5-4(1-6,2-7)3-8/h6-8H,1-3,5H2. The highest BCUT2D eigenvalue weighted by Crippen LogP contribution is 1.98. The highest BCUT2D eigenvalue weighted by molar-refractivity contribution is 7.80. The van der Waals surface area contributed by atoms with Crippen LogP contribution in [0.2, 0.25) is 0 Å². The summed E-state index contributed by atoms with van der Waals surface area (Å²) >= 11 is 3.82. The zero-order valence-corrected chi connectivity index (χ0v) is 5.43. The van der Waals surface area contributed by atoms with Gasteiger partial charge in [-0.3, -0.25) is 0 Å². The molecule has 0 saturated carbocycles. The Morgan fingerprint density at radius 3 is 1.75 bits per heavy atom. The van der Waals surface area contributed by atoms with Gasteiger partial charge in [-0.2, -0.15) is 12.6 Å². The van der Waals surface area contributed by atoms with Crippen molar-refractivity contribution in [1.82, 2.24) is 0 Å². The smallest absolute Gasteiger partial charge is 0.0712 e. The molecule has 0 atom stereocenters. The second kappa shape index (κ2) is 3.29. The molecule has 0 amide bonds. The van der Waals surface area contributed by atoms with E-state index in [-0.39, 0.29) is 13.2 Å². The van der Waals surface area contributed by atoms with Gasteiger partial charge in [-0.1, -0.05) is 0 Å². The van der Waals surface area contributed by atoms with Gasteiger partial charge < -0.3 is 15.9 Å². The van der Waals surface area contributed by atoms with Crippen LogP contribution in [0.5, 0.6) is 0 Å². The summed E-state index contributed by atoms with van der Waals surface area (Å²) in [6.45, 7) is -0.458. The van der Waals surface area contributed by atoms with Gasteiger partial charge in [0.2, 0.25) is 0 Å². The van der Waals surface area contributed by atoms with Crippen molar-refractivity contribution in [2.24, 2.45) is 5.73 Å². The van der Waals surface area contributed by atoms with Gasteiger partial charge in [0.1, 0.15) is 0 Å². The normalized spacial score (nSPS) is 12.0. The minimum absolute atomic E-state index is 0.229. The van der Waals surface area contributed by atoms with Crippen LogP contribution in [-0.2, 0) is 0 Å². The molecule has 0 saturated heterocycles. The number of nitrogens with two attached hydrogens (primary N) is 1. The summed E-state index contributed by atoms with van der Waals surface area (Å²) in [7, 11) is 0. The van der Waals surface area contributed by atoms with E-state index in [1.807, 2.05) is 0 Å². The summed E-state index contributed by atoms with van der Waals surface area (Å²) in [5.74, 6) is 0.292. The average molecular weight is 137 g/mol. The molecular formula is C4H11NO2S. The predicted molar refractivity (Wildman–Crippen MR) is 34.9 cm³/mol. The lowest BCUT2D eigenvalue weighted by Gasteiger charge is -2.20. The molecule has 0 heterocycles. The average Bonchev–Trinajstić information content (AvgIpc) is 1.87. The van der Waals surface area contributed by atoms with Crippen molar-refractivity contribution in [2.75, 3.05) is 19.0 Å². The Balaban J connectivity index is 3.58. The third-order valence-electron chi connectivity index (χ3n) is 0.945. The second-order valence-corrected chi connectivity index (χ2v) is 2.15.